The Balaban J connectivity index is 3.39. The lowest BCUT2D eigenvalue weighted by atomic mass is 9.97. The van der Waals surface area contributed by atoms with E-state index in [1.807, 2.05) is 13.8 Å². The van der Waals surface area contributed by atoms with E-state index in [1.54, 1.807) is 24.3 Å². The van der Waals surface area contributed by atoms with Gasteiger partial charge in [-0.25, -0.2) is 9.59 Å². The zero-order chi connectivity index (χ0) is 13.7. The molecule has 0 spiro atoms. The number of benzene rings is 1. The molecule has 4 heteroatoms. The van der Waals surface area contributed by atoms with Crippen LogP contribution < -0.4 is 0 Å². The van der Waals surface area contributed by atoms with Crippen LogP contribution in [0.1, 0.15) is 29.8 Å². The fourth-order valence-electron chi connectivity index (χ4n) is 1.62. The number of hydrogen-bond acceptors (Lipinski definition) is 3. The third kappa shape index (κ3) is 3.20. The Hall–Kier alpha value is -2.10. The van der Waals surface area contributed by atoms with Gasteiger partial charge in [0.05, 0.1) is 18.2 Å². The average molecular weight is 248 g/mol. The van der Waals surface area contributed by atoms with Crippen LogP contribution in [-0.4, -0.2) is 24.2 Å². The Bertz CT molecular complexity index is 486. The molecule has 0 fully saturated rings. The molecular weight excluding hydrogens is 232 g/mol. The number of rotatable bonds is 4. The van der Waals surface area contributed by atoms with Gasteiger partial charge in [0, 0.05) is 5.56 Å². The Morgan fingerprint density at radius 2 is 1.78 bits per heavy atom. The van der Waals surface area contributed by atoms with Crippen molar-refractivity contribution in [1.82, 2.24) is 0 Å². The minimum atomic E-state index is -1.07. The summed E-state index contributed by atoms with van der Waals surface area (Å²) in [5.41, 5.74) is 0.755. The van der Waals surface area contributed by atoms with E-state index in [0.717, 1.165) is 0 Å². The van der Waals surface area contributed by atoms with Crippen molar-refractivity contribution in [2.45, 2.75) is 13.8 Å². The first kappa shape index (κ1) is 14.0. The van der Waals surface area contributed by atoms with Crippen molar-refractivity contribution in [3.8, 4) is 0 Å². The van der Waals surface area contributed by atoms with Gasteiger partial charge in [0.1, 0.15) is 0 Å². The summed E-state index contributed by atoms with van der Waals surface area (Å²) in [4.78, 5) is 22.9. The lowest BCUT2D eigenvalue weighted by Crippen LogP contribution is -2.10. The van der Waals surface area contributed by atoms with Gasteiger partial charge in [-0.05, 0) is 12.0 Å². The second kappa shape index (κ2) is 6.00. The van der Waals surface area contributed by atoms with E-state index in [1.165, 1.54) is 13.2 Å². The van der Waals surface area contributed by atoms with Crippen LogP contribution in [0.5, 0.6) is 0 Å². The van der Waals surface area contributed by atoms with Crippen molar-refractivity contribution >= 4 is 17.5 Å². The normalized spacial score (nSPS) is 11.4. The largest absolute Gasteiger partial charge is 0.478 e. The SMILES string of the molecule is COC(=O)C(=CC(C)C)c1ccccc1C(=O)O. The molecule has 0 aliphatic heterocycles. The molecule has 0 aliphatic rings. The zero-order valence-corrected chi connectivity index (χ0v) is 10.6. The minimum Gasteiger partial charge on any atom is -0.478 e. The van der Waals surface area contributed by atoms with E-state index >= 15 is 0 Å². The summed E-state index contributed by atoms with van der Waals surface area (Å²) < 4.78 is 4.70. The molecule has 0 aliphatic carbocycles. The van der Waals surface area contributed by atoms with E-state index in [2.05, 4.69) is 0 Å². The third-order valence-electron chi connectivity index (χ3n) is 2.35. The number of hydrogen-bond donors (Lipinski definition) is 1. The number of carboxylic acids is 1. The van der Waals surface area contributed by atoms with Crippen LogP contribution in [0.25, 0.3) is 5.57 Å². The van der Waals surface area contributed by atoms with E-state index < -0.39 is 11.9 Å². The van der Waals surface area contributed by atoms with Gasteiger partial charge in [-0.15, -0.1) is 0 Å². The number of carbonyl (C=O) groups is 2. The molecule has 0 unspecified atom stereocenters. The number of carboxylic acid groups (broad SMARTS) is 1. The lowest BCUT2D eigenvalue weighted by Gasteiger charge is -2.10. The Kier molecular flexibility index (Phi) is 4.66. The van der Waals surface area contributed by atoms with Gasteiger partial charge >= 0.3 is 11.9 Å². The van der Waals surface area contributed by atoms with Crippen LogP contribution in [0.4, 0.5) is 0 Å². The Morgan fingerprint density at radius 1 is 1.22 bits per heavy atom. The predicted molar refractivity (Wildman–Crippen MR) is 68.2 cm³/mol. The second-order valence-corrected chi connectivity index (χ2v) is 4.17. The van der Waals surface area contributed by atoms with Crippen LogP contribution >= 0.6 is 0 Å². The fourth-order valence-corrected chi connectivity index (χ4v) is 1.62. The number of ether oxygens (including phenoxy) is 1. The quantitative estimate of drug-likeness (QED) is 0.657. The minimum absolute atomic E-state index is 0.0924. The van der Waals surface area contributed by atoms with Gasteiger partial charge < -0.3 is 9.84 Å². The summed E-state index contributed by atoms with van der Waals surface area (Å²) in [6, 6.07) is 6.39. The van der Waals surface area contributed by atoms with Crippen LogP contribution in [0.15, 0.2) is 30.3 Å². The van der Waals surface area contributed by atoms with E-state index in [4.69, 9.17) is 9.84 Å². The standard InChI is InChI=1S/C14H16O4/c1-9(2)8-12(14(17)18-3)10-6-4-5-7-11(10)13(15)16/h4-9H,1-3H3,(H,15,16). The number of allylic oxidation sites excluding steroid dienone is 1. The molecule has 0 amide bonds. The molecule has 0 radical (unpaired) electrons. The van der Waals surface area contributed by atoms with Gasteiger partial charge in [0.2, 0.25) is 0 Å². The van der Waals surface area contributed by atoms with Crippen LogP contribution in [0, 0.1) is 5.92 Å². The molecular formula is C14H16O4. The summed E-state index contributed by atoms with van der Waals surface area (Å²) in [6.07, 6.45) is 1.70. The number of esters is 1. The van der Waals surface area contributed by atoms with Gasteiger partial charge in [0.15, 0.2) is 0 Å². The van der Waals surface area contributed by atoms with Crippen molar-refractivity contribution in [1.29, 1.82) is 0 Å². The first-order valence-electron chi connectivity index (χ1n) is 5.60. The number of carbonyl (C=O) groups excluding carboxylic acids is 1. The third-order valence-corrected chi connectivity index (χ3v) is 2.35. The molecule has 1 N–H and O–H groups in total. The van der Waals surface area contributed by atoms with Crippen molar-refractivity contribution in [2.75, 3.05) is 7.11 Å². The molecule has 96 valence electrons. The maximum atomic E-state index is 11.7. The maximum Gasteiger partial charge on any atom is 0.338 e. The highest BCUT2D eigenvalue weighted by atomic mass is 16.5. The van der Waals surface area contributed by atoms with Crippen LogP contribution in [-0.2, 0) is 9.53 Å². The first-order valence-corrected chi connectivity index (χ1v) is 5.60. The fraction of sp³-hybridized carbons (Fsp3) is 0.286. The lowest BCUT2D eigenvalue weighted by molar-refractivity contribution is -0.133. The summed E-state index contributed by atoms with van der Waals surface area (Å²) in [5, 5.41) is 9.12. The summed E-state index contributed by atoms with van der Waals surface area (Å²) in [7, 11) is 1.28. The molecule has 0 saturated carbocycles. The van der Waals surface area contributed by atoms with E-state index in [0.29, 0.717) is 5.56 Å². The molecule has 0 heterocycles. The summed E-state index contributed by atoms with van der Waals surface area (Å²) >= 11 is 0. The molecule has 4 nitrogen and oxygen atoms in total. The molecule has 18 heavy (non-hydrogen) atoms. The van der Waals surface area contributed by atoms with Gasteiger partial charge in [-0.1, -0.05) is 38.1 Å². The molecule has 1 aromatic rings. The Labute approximate surface area is 106 Å². The van der Waals surface area contributed by atoms with Crippen LogP contribution in [0.2, 0.25) is 0 Å². The van der Waals surface area contributed by atoms with Crippen molar-refractivity contribution < 1.29 is 19.4 Å². The number of methoxy groups -OCH3 is 1. The highest BCUT2D eigenvalue weighted by Gasteiger charge is 2.19. The molecule has 0 bridgehead atoms. The first-order chi connectivity index (χ1) is 8.47. The second-order valence-electron chi connectivity index (χ2n) is 4.17. The Morgan fingerprint density at radius 3 is 2.22 bits per heavy atom. The maximum absolute atomic E-state index is 11.7. The summed E-state index contributed by atoms with van der Waals surface area (Å²) in [5.74, 6) is -1.48. The van der Waals surface area contributed by atoms with E-state index in [-0.39, 0.29) is 17.1 Å². The zero-order valence-electron chi connectivity index (χ0n) is 10.6. The van der Waals surface area contributed by atoms with E-state index in [9.17, 15) is 9.59 Å². The monoisotopic (exact) mass is 248 g/mol. The average Bonchev–Trinajstić information content (AvgIpc) is 2.34. The summed E-state index contributed by atoms with van der Waals surface area (Å²) in [6.45, 7) is 3.82. The smallest absolute Gasteiger partial charge is 0.338 e. The van der Waals surface area contributed by atoms with Gasteiger partial charge in [0.25, 0.3) is 0 Å². The highest BCUT2D eigenvalue weighted by Crippen LogP contribution is 2.22. The molecule has 1 aromatic carbocycles. The highest BCUT2D eigenvalue weighted by molar-refractivity contribution is 6.18. The van der Waals surface area contributed by atoms with Crippen LogP contribution in [0.3, 0.4) is 0 Å². The topological polar surface area (TPSA) is 63.6 Å². The number of aromatic carboxylic acids is 1. The van der Waals surface area contributed by atoms with Gasteiger partial charge in [-0.3, -0.25) is 0 Å². The predicted octanol–water partition coefficient (Wildman–Crippen LogP) is 2.60. The molecule has 1 rings (SSSR count). The molecule has 0 aromatic heterocycles. The van der Waals surface area contributed by atoms with Crippen molar-refractivity contribution in [3.63, 3.8) is 0 Å². The molecule has 0 saturated heterocycles. The van der Waals surface area contributed by atoms with Crippen molar-refractivity contribution in [2.24, 2.45) is 5.92 Å². The molecule has 0 atom stereocenters. The van der Waals surface area contributed by atoms with Gasteiger partial charge in [-0.2, -0.15) is 0 Å². The van der Waals surface area contributed by atoms with Crippen molar-refractivity contribution in [3.05, 3.63) is 41.5 Å².